The quantitative estimate of drug-likeness (QED) is 0.216. The highest BCUT2D eigenvalue weighted by atomic mass is 32.1. The minimum atomic E-state index is -0.159. The molecule has 27 heavy (non-hydrogen) atoms. The van der Waals surface area contributed by atoms with Gasteiger partial charge in [0.25, 0.3) is 0 Å². The average molecular weight is 390 g/mol. The van der Waals surface area contributed by atoms with Gasteiger partial charge in [-0.15, -0.1) is 0 Å². The maximum Gasteiger partial charge on any atom is 0.0996 e. The third-order valence-corrected chi connectivity index (χ3v) is 6.71. The van der Waals surface area contributed by atoms with Gasteiger partial charge in [0.1, 0.15) is 0 Å². The summed E-state index contributed by atoms with van der Waals surface area (Å²) in [5, 5.41) is 0. The molecule has 0 amide bonds. The van der Waals surface area contributed by atoms with Crippen molar-refractivity contribution in [2.24, 2.45) is 0 Å². The molecule has 1 aliphatic heterocycles. The molecule has 0 N–H and O–H groups in total. The van der Waals surface area contributed by atoms with Crippen LogP contribution in [0.25, 0.3) is 0 Å². The highest BCUT2D eigenvalue weighted by Crippen LogP contribution is 2.26. The standard InChI is InChI=1S/C24H39NOS/c1-4-5-6-7-8-9-10-11-12-13-14-21-15-17-22(18-16-21)23(27)24(2)19-26-20-25(24)3/h15-18H,4-14,19-20H2,1-3H3. The molecule has 2 nitrogen and oxygen atoms in total. The van der Waals surface area contributed by atoms with Crippen molar-refractivity contribution in [2.75, 3.05) is 20.4 Å². The van der Waals surface area contributed by atoms with Crippen LogP contribution in [-0.4, -0.2) is 35.7 Å². The summed E-state index contributed by atoms with van der Waals surface area (Å²) in [6.45, 7) is 5.81. The van der Waals surface area contributed by atoms with Crippen LogP contribution in [-0.2, 0) is 11.2 Å². The van der Waals surface area contributed by atoms with E-state index in [2.05, 4.69) is 50.1 Å². The fourth-order valence-electron chi connectivity index (χ4n) is 3.82. The third-order valence-electron chi connectivity index (χ3n) is 6.03. The number of thiocarbonyl (C=S) groups is 1. The minimum absolute atomic E-state index is 0.159. The Kier molecular flexibility index (Phi) is 9.95. The Balaban J connectivity index is 1.63. The lowest BCUT2D eigenvalue weighted by molar-refractivity contribution is 0.153. The number of unbranched alkanes of at least 4 members (excludes halogenated alkanes) is 9. The highest BCUT2D eigenvalue weighted by molar-refractivity contribution is 7.81. The lowest BCUT2D eigenvalue weighted by Crippen LogP contribution is -2.47. The van der Waals surface area contributed by atoms with Crippen molar-refractivity contribution in [1.29, 1.82) is 0 Å². The molecule has 1 heterocycles. The molecule has 1 aromatic carbocycles. The molecule has 1 fully saturated rings. The molecular weight excluding hydrogens is 350 g/mol. The molecule has 1 aromatic rings. The first kappa shape index (κ1) is 22.5. The van der Waals surface area contributed by atoms with E-state index >= 15 is 0 Å². The number of benzene rings is 1. The summed E-state index contributed by atoms with van der Waals surface area (Å²) in [7, 11) is 2.08. The van der Waals surface area contributed by atoms with E-state index in [0.29, 0.717) is 13.3 Å². The van der Waals surface area contributed by atoms with Crippen molar-refractivity contribution in [2.45, 2.75) is 90.0 Å². The van der Waals surface area contributed by atoms with Crippen molar-refractivity contribution in [3.05, 3.63) is 35.4 Å². The Morgan fingerprint density at radius 2 is 1.52 bits per heavy atom. The van der Waals surface area contributed by atoms with E-state index in [9.17, 15) is 0 Å². The molecule has 0 aromatic heterocycles. The second-order valence-corrected chi connectivity index (χ2v) is 8.82. The van der Waals surface area contributed by atoms with E-state index in [-0.39, 0.29) is 5.54 Å². The fraction of sp³-hybridized carbons (Fsp3) is 0.708. The number of ether oxygens (including phenoxy) is 1. The first-order chi connectivity index (χ1) is 13.1. The van der Waals surface area contributed by atoms with Crippen LogP contribution in [0.5, 0.6) is 0 Å². The summed E-state index contributed by atoms with van der Waals surface area (Å²) >= 11 is 5.77. The summed E-state index contributed by atoms with van der Waals surface area (Å²) in [6.07, 6.45) is 15.1. The highest BCUT2D eigenvalue weighted by Gasteiger charge is 2.39. The Hall–Kier alpha value is -0.770. The summed E-state index contributed by atoms with van der Waals surface area (Å²) in [5.74, 6) is 0. The molecule has 2 rings (SSSR count). The fourth-order valence-corrected chi connectivity index (χ4v) is 4.17. The van der Waals surface area contributed by atoms with Crippen molar-refractivity contribution < 1.29 is 4.74 Å². The van der Waals surface area contributed by atoms with Gasteiger partial charge in [-0.2, -0.15) is 0 Å². The number of likely N-dealkylation sites (N-methyl/N-ethyl adjacent to an activating group) is 1. The zero-order chi connectivity index (χ0) is 19.5. The van der Waals surface area contributed by atoms with E-state index in [4.69, 9.17) is 17.0 Å². The molecule has 0 spiro atoms. The van der Waals surface area contributed by atoms with Crippen LogP contribution < -0.4 is 0 Å². The zero-order valence-corrected chi connectivity index (χ0v) is 18.6. The maximum atomic E-state index is 5.77. The van der Waals surface area contributed by atoms with Crippen LogP contribution >= 0.6 is 12.2 Å². The third kappa shape index (κ3) is 6.96. The predicted octanol–water partition coefficient (Wildman–Crippen LogP) is 6.55. The van der Waals surface area contributed by atoms with Crippen molar-refractivity contribution >= 4 is 17.1 Å². The molecule has 152 valence electrons. The van der Waals surface area contributed by atoms with E-state index in [1.54, 1.807) is 0 Å². The number of hydrogen-bond donors (Lipinski definition) is 0. The Bertz CT molecular complexity index is 556. The van der Waals surface area contributed by atoms with E-state index < -0.39 is 0 Å². The van der Waals surface area contributed by atoms with Gasteiger partial charge in [0.15, 0.2) is 0 Å². The van der Waals surface area contributed by atoms with Gasteiger partial charge in [-0.3, -0.25) is 4.90 Å². The van der Waals surface area contributed by atoms with Gasteiger partial charge in [0, 0.05) is 4.86 Å². The van der Waals surface area contributed by atoms with Gasteiger partial charge < -0.3 is 4.74 Å². The molecule has 0 bridgehead atoms. The second-order valence-electron chi connectivity index (χ2n) is 8.41. The molecule has 1 aliphatic rings. The number of nitrogens with zero attached hydrogens (tertiary/aromatic N) is 1. The van der Waals surface area contributed by atoms with Crippen LogP contribution in [0.4, 0.5) is 0 Å². The number of rotatable bonds is 13. The molecule has 0 radical (unpaired) electrons. The van der Waals surface area contributed by atoms with Gasteiger partial charge in [-0.1, -0.05) is 101 Å². The summed E-state index contributed by atoms with van der Waals surface area (Å²) < 4.78 is 5.59. The normalized spacial score (nSPS) is 20.3. The molecule has 3 heteroatoms. The zero-order valence-electron chi connectivity index (χ0n) is 17.8. The van der Waals surface area contributed by atoms with Gasteiger partial charge >= 0.3 is 0 Å². The molecular formula is C24H39NOS. The predicted molar refractivity (Wildman–Crippen MR) is 121 cm³/mol. The maximum absolute atomic E-state index is 5.77. The van der Waals surface area contributed by atoms with Gasteiger partial charge in [0.2, 0.25) is 0 Å². The van der Waals surface area contributed by atoms with Crippen LogP contribution in [0.15, 0.2) is 24.3 Å². The Morgan fingerprint density at radius 1 is 0.963 bits per heavy atom. The van der Waals surface area contributed by atoms with Crippen LogP contribution in [0.2, 0.25) is 0 Å². The van der Waals surface area contributed by atoms with Crippen molar-refractivity contribution in [3.63, 3.8) is 0 Å². The van der Waals surface area contributed by atoms with Gasteiger partial charge in [0.05, 0.1) is 18.9 Å². The average Bonchev–Trinajstić information content (AvgIpc) is 3.03. The molecule has 1 unspecified atom stereocenters. The van der Waals surface area contributed by atoms with Gasteiger partial charge in [-0.05, 0) is 37.9 Å². The largest absolute Gasteiger partial charge is 0.364 e. The molecule has 1 atom stereocenters. The van der Waals surface area contributed by atoms with Crippen LogP contribution in [0, 0.1) is 0 Å². The van der Waals surface area contributed by atoms with Crippen LogP contribution in [0.1, 0.15) is 89.2 Å². The van der Waals surface area contributed by atoms with Crippen molar-refractivity contribution in [1.82, 2.24) is 4.90 Å². The Morgan fingerprint density at radius 3 is 2.04 bits per heavy atom. The second kappa shape index (κ2) is 11.9. The van der Waals surface area contributed by atoms with Gasteiger partial charge in [-0.25, -0.2) is 0 Å². The number of hydrogen-bond acceptors (Lipinski definition) is 3. The lowest BCUT2D eigenvalue weighted by Gasteiger charge is -2.31. The monoisotopic (exact) mass is 389 g/mol. The SMILES string of the molecule is CCCCCCCCCCCCc1ccc(C(=S)C2(C)COCN2C)cc1. The van der Waals surface area contributed by atoms with E-state index in [0.717, 1.165) is 10.4 Å². The van der Waals surface area contributed by atoms with Crippen LogP contribution in [0.3, 0.4) is 0 Å². The smallest absolute Gasteiger partial charge is 0.0996 e. The lowest BCUT2D eigenvalue weighted by atomic mass is 9.92. The summed E-state index contributed by atoms with van der Waals surface area (Å²) in [4.78, 5) is 3.19. The first-order valence-electron chi connectivity index (χ1n) is 11.0. The Labute approximate surface area is 172 Å². The topological polar surface area (TPSA) is 12.5 Å². The summed E-state index contributed by atoms with van der Waals surface area (Å²) in [6, 6.07) is 8.92. The molecule has 0 saturated carbocycles. The van der Waals surface area contributed by atoms with E-state index in [1.165, 1.54) is 76.2 Å². The first-order valence-corrected chi connectivity index (χ1v) is 11.4. The van der Waals surface area contributed by atoms with E-state index in [1.807, 2.05) is 0 Å². The summed E-state index contributed by atoms with van der Waals surface area (Å²) in [5.41, 5.74) is 2.44. The minimum Gasteiger partial charge on any atom is -0.364 e. The van der Waals surface area contributed by atoms with Crippen molar-refractivity contribution in [3.8, 4) is 0 Å². The molecule has 1 saturated heterocycles. The number of aryl methyl sites for hydroxylation is 1. The molecule has 0 aliphatic carbocycles.